The van der Waals surface area contributed by atoms with Crippen LogP contribution < -0.4 is 10.6 Å². The van der Waals surface area contributed by atoms with Crippen molar-refractivity contribution in [3.8, 4) is 0 Å². The standard InChI is InChI=1S/C28H22NOP/c30-31(23-14-6-2-7-15-23,24-16-8-3-9-17-24)28(22-12-4-1-5-13-22)26-20-21-29-27-19-11-10-18-25(26)27/h1-21,28H. The van der Waals surface area contributed by atoms with E-state index in [0.29, 0.717) is 0 Å². The first-order valence-corrected chi connectivity index (χ1v) is 12.2. The molecule has 0 bridgehead atoms. The van der Waals surface area contributed by atoms with Crippen molar-refractivity contribution in [1.29, 1.82) is 0 Å². The molecule has 3 heteroatoms. The maximum atomic E-state index is 15.3. The maximum absolute atomic E-state index is 15.3. The van der Waals surface area contributed by atoms with Gasteiger partial charge in [-0.25, -0.2) is 0 Å². The highest BCUT2D eigenvalue weighted by Gasteiger charge is 2.39. The fraction of sp³-hybridized carbons (Fsp3) is 0.0357. The van der Waals surface area contributed by atoms with Crippen molar-refractivity contribution in [3.05, 3.63) is 139 Å². The lowest BCUT2D eigenvalue weighted by Crippen LogP contribution is -2.22. The van der Waals surface area contributed by atoms with Crippen LogP contribution >= 0.6 is 7.14 Å². The second kappa shape index (κ2) is 8.34. The van der Waals surface area contributed by atoms with E-state index in [1.807, 2.05) is 109 Å². The molecule has 2 nitrogen and oxygen atoms in total. The molecule has 1 atom stereocenters. The summed E-state index contributed by atoms with van der Waals surface area (Å²) in [4.78, 5) is 4.56. The lowest BCUT2D eigenvalue weighted by molar-refractivity contribution is 0.583. The zero-order chi connectivity index (χ0) is 21.1. The molecule has 150 valence electrons. The number of nitrogens with zero attached hydrogens (tertiary/aromatic N) is 1. The third-order valence-electron chi connectivity index (χ3n) is 5.74. The third-order valence-corrected chi connectivity index (χ3v) is 9.17. The summed E-state index contributed by atoms with van der Waals surface area (Å²) in [7, 11) is -3.11. The van der Waals surface area contributed by atoms with Gasteiger partial charge in [-0.05, 0) is 23.3 Å². The van der Waals surface area contributed by atoms with Crippen molar-refractivity contribution in [2.75, 3.05) is 0 Å². The molecule has 0 spiro atoms. The van der Waals surface area contributed by atoms with Crippen LogP contribution in [0.1, 0.15) is 16.8 Å². The van der Waals surface area contributed by atoms with Gasteiger partial charge in [0.15, 0.2) is 7.14 Å². The van der Waals surface area contributed by atoms with E-state index >= 15 is 4.57 Å². The summed E-state index contributed by atoms with van der Waals surface area (Å²) in [5.41, 5.74) is 2.66. The van der Waals surface area contributed by atoms with Crippen LogP contribution in [0, 0.1) is 0 Å². The Morgan fingerprint density at radius 1 is 0.581 bits per heavy atom. The molecule has 0 aliphatic rings. The summed E-state index contributed by atoms with van der Waals surface area (Å²) in [6.45, 7) is 0. The van der Waals surface area contributed by atoms with Crippen molar-refractivity contribution in [3.63, 3.8) is 0 Å². The first-order valence-electron chi connectivity index (χ1n) is 10.4. The quantitative estimate of drug-likeness (QED) is 0.311. The number of aromatic nitrogens is 1. The SMILES string of the molecule is O=P(c1ccccc1)(c1ccccc1)C(c1ccccc1)c1ccnc2ccccc12. The summed E-state index contributed by atoms with van der Waals surface area (Å²) in [6, 6.07) is 40.1. The smallest absolute Gasteiger partial charge is 0.154 e. The molecule has 31 heavy (non-hydrogen) atoms. The van der Waals surface area contributed by atoms with Crippen molar-refractivity contribution < 1.29 is 4.57 Å². The molecule has 0 saturated carbocycles. The molecule has 0 N–H and O–H groups in total. The molecule has 1 unspecified atom stereocenters. The fourth-order valence-electron chi connectivity index (χ4n) is 4.32. The number of benzene rings is 4. The lowest BCUT2D eigenvalue weighted by atomic mass is 10.0. The Kier molecular flexibility index (Phi) is 5.24. The Bertz CT molecular complexity index is 1300. The number of para-hydroxylation sites is 1. The maximum Gasteiger partial charge on any atom is 0.154 e. The number of rotatable bonds is 5. The Balaban J connectivity index is 1.88. The van der Waals surface area contributed by atoms with Crippen molar-refractivity contribution >= 4 is 28.7 Å². The Morgan fingerprint density at radius 2 is 1.10 bits per heavy atom. The summed E-state index contributed by atoms with van der Waals surface area (Å²) < 4.78 is 15.3. The minimum Gasteiger partial charge on any atom is -0.313 e. The molecule has 1 aromatic heterocycles. The van der Waals surface area contributed by atoms with Gasteiger partial charge in [0.2, 0.25) is 0 Å². The second-order valence-electron chi connectivity index (χ2n) is 7.56. The molecule has 5 aromatic rings. The van der Waals surface area contributed by atoms with Crippen LogP contribution in [-0.2, 0) is 4.57 Å². The zero-order valence-corrected chi connectivity index (χ0v) is 17.9. The number of hydrogen-bond donors (Lipinski definition) is 0. The highest BCUT2D eigenvalue weighted by molar-refractivity contribution is 7.79. The van der Waals surface area contributed by atoms with Gasteiger partial charge in [-0.1, -0.05) is 109 Å². The molecule has 1 heterocycles. The summed E-state index contributed by atoms with van der Waals surface area (Å²) in [5.74, 6) is 0. The van der Waals surface area contributed by atoms with Crippen LogP contribution in [0.15, 0.2) is 128 Å². The molecule has 4 aromatic carbocycles. The molecular formula is C28H22NOP. The minimum absolute atomic E-state index is 0.327. The van der Waals surface area contributed by atoms with Gasteiger partial charge in [-0.2, -0.15) is 0 Å². The van der Waals surface area contributed by atoms with Gasteiger partial charge in [-0.15, -0.1) is 0 Å². The molecule has 0 radical (unpaired) electrons. The highest BCUT2D eigenvalue weighted by atomic mass is 31.2. The average molecular weight is 419 g/mol. The van der Waals surface area contributed by atoms with E-state index in [4.69, 9.17) is 0 Å². The fourth-order valence-corrected chi connectivity index (χ4v) is 7.66. The lowest BCUT2D eigenvalue weighted by Gasteiger charge is -2.30. The molecule has 5 rings (SSSR count). The predicted octanol–water partition coefficient (Wildman–Crippen LogP) is 6.34. The van der Waals surface area contributed by atoms with E-state index < -0.39 is 7.14 Å². The van der Waals surface area contributed by atoms with Crippen LogP contribution in [0.2, 0.25) is 0 Å². The molecule has 0 aliphatic heterocycles. The van der Waals surface area contributed by atoms with E-state index in [9.17, 15) is 0 Å². The van der Waals surface area contributed by atoms with E-state index in [2.05, 4.69) is 23.2 Å². The summed E-state index contributed by atoms with van der Waals surface area (Å²) in [5, 5.41) is 2.75. The average Bonchev–Trinajstić information content (AvgIpc) is 2.86. The molecular weight excluding hydrogens is 397 g/mol. The van der Waals surface area contributed by atoms with Crippen LogP contribution in [0.3, 0.4) is 0 Å². The Labute approximate surface area is 182 Å². The largest absolute Gasteiger partial charge is 0.313 e. The Morgan fingerprint density at radius 3 is 1.71 bits per heavy atom. The van der Waals surface area contributed by atoms with Gasteiger partial charge in [-0.3, -0.25) is 4.98 Å². The number of pyridine rings is 1. The van der Waals surface area contributed by atoms with E-state index in [1.54, 1.807) is 0 Å². The van der Waals surface area contributed by atoms with Crippen LogP contribution in [0.4, 0.5) is 0 Å². The molecule has 0 aliphatic carbocycles. The highest BCUT2D eigenvalue weighted by Crippen LogP contribution is 2.60. The first-order chi connectivity index (χ1) is 15.3. The zero-order valence-electron chi connectivity index (χ0n) is 17.0. The monoisotopic (exact) mass is 419 g/mol. The number of hydrogen-bond acceptors (Lipinski definition) is 2. The minimum atomic E-state index is -3.11. The van der Waals surface area contributed by atoms with E-state index in [-0.39, 0.29) is 5.66 Å². The van der Waals surface area contributed by atoms with Gasteiger partial charge in [0.25, 0.3) is 0 Å². The van der Waals surface area contributed by atoms with Gasteiger partial charge in [0.1, 0.15) is 0 Å². The topological polar surface area (TPSA) is 30.0 Å². The van der Waals surface area contributed by atoms with Crippen molar-refractivity contribution in [1.82, 2.24) is 4.98 Å². The molecule has 0 amide bonds. The second-order valence-corrected chi connectivity index (χ2v) is 10.4. The van der Waals surface area contributed by atoms with Crippen molar-refractivity contribution in [2.45, 2.75) is 5.66 Å². The Hall–Kier alpha value is -3.48. The molecule has 0 fully saturated rings. The first kappa shape index (κ1) is 19.5. The van der Waals surface area contributed by atoms with Gasteiger partial charge >= 0.3 is 0 Å². The van der Waals surface area contributed by atoms with Crippen LogP contribution in [0.5, 0.6) is 0 Å². The van der Waals surface area contributed by atoms with Gasteiger partial charge in [0, 0.05) is 22.2 Å². The normalized spacial score (nSPS) is 12.5. The van der Waals surface area contributed by atoms with Gasteiger partial charge < -0.3 is 4.57 Å². The summed E-state index contributed by atoms with van der Waals surface area (Å²) in [6.07, 6.45) is 1.83. The predicted molar refractivity (Wildman–Crippen MR) is 130 cm³/mol. The van der Waals surface area contributed by atoms with Gasteiger partial charge in [0.05, 0.1) is 11.2 Å². The van der Waals surface area contributed by atoms with Crippen LogP contribution in [0.25, 0.3) is 10.9 Å². The van der Waals surface area contributed by atoms with E-state index in [0.717, 1.165) is 32.6 Å². The van der Waals surface area contributed by atoms with Crippen LogP contribution in [-0.4, -0.2) is 4.98 Å². The number of fused-ring (bicyclic) bond motifs is 1. The molecule has 0 saturated heterocycles. The third kappa shape index (κ3) is 3.50. The summed E-state index contributed by atoms with van der Waals surface area (Å²) >= 11 is 0. The van der Waals surface area contributed by atoms with Crippen molar-refractivity contribution in [2.24, 2.45) is 0 Å². The van der Waals surface area contributed by atoms with E-state index in [1.165, 1.54) is 0 Å².